The third-order valence-corrected chi connectivity index (χ3v) is 3.88. The third-order valence-electron chi connectivity index (χ3n) is 3.88. The number of amides is 1. The molecule has 2 fully saturated rings. The predicted molar refractivity (Wildman–Crippen MR) is 57.7 cm³/mol. The normalized spacial score (nSPS) is 33.2. The van der Waals surface area contributed by atoms with Gasteiger partial charge in [0.2, 0.25) is 5.91 Å². The molecule has 4 atom stereocenters. The van der Waals surface area contributed by atoms with Crippen LogP contribution in [0.3, 0.4) is 0 Å². The molecule has 1 amide bonds. The van der Waals surface area contributed by atoms with Gasteiger partial charge < -0.3 is 15.7 Å². The van der Waals surface area contributed by atoms with E-state index in [0.29, 0.717) is 5.92 Å². The lowest BCUT2D eigenvalue weighted by Gasteiger charge is -2.20. The fourth-order valence-electron chi connectivity index (χ4n) is 2.90. The number of nitrogens with one attached hydrogen (secondary N) is 2. The van der Waals surface area contributed by atoms with E-state index in [2.05, 4.69) is 10.6 Å². The summed E-state index contributed by atoms with van der Waals surface area (Å²) in [6.07, 6.45) is -4.09. The van der Waals surface area contributed by atoms with E-state index in [1.54, 1.807) is 0 Å². The molecule has 0 aromatic carbocycles. The summed E-state index contributed by atoms with van der Waals surface area (Å²) >= 11 is 0. The molecular formula is C11H17F3N2O2. The van der Waals surface area contributed by atoms with Gasteiger partial charge in [-0.3, -0.25) is 4.79 Å². The van der Waals surface area contributed by atoms with E-state index in [1.165, 1.54) is 0 Å². The Bertz CT molecular complexity index is 322. The maximum atomic E-state index is 12.1. The van der Waals surface area contributed by atoms with Crippen LogP contribution in [0.4, 0.5) is 13.2 Å². The SMILES string of the molecule is O=C(NCC(O)C(F)(F)F)C1NCC2CCCC21. The first-order valence-corrected chi connectivity index (χ1v) is 6.15. The molecule has 1 heterocycles. The van der Waals surface area contributed by atoms with Crippen molar-refractivity contribution in [2.24, 2.45) is 11.8 Å². The third kappa shape index (κ3) is 2.77. The van der Waals surface area contributed by atoms with E-state index in [9.17, 15) is 18.0 Å². The number of alkyl halides is 3. The minimum atomic E-state index is -4.69. The quantitative estimate of drug-likeness (QED) is 0.693. The zero-order chi connectivity index (χ0) is 13.3. The molecule has 0 aromatic heterocycles. The minimum absolute atomic E-state index is 0.230. The van der Waals surface area contributed by atoms with Gasteiger partial charge in [0.25, 0.3) is 0 Å². The highest BCUT2D eigenvalue weighted by atomic mass is 19.4. The van der Waals surface area contributed by atoms with Gasteiger partial charge in [0, 0.05) is 0 Å². The second-order valence-corrected chi connectivity index (χ2v) is 5.04. The van der Waals surface area contributed by atoms with Gasteiger partial charge >= 0.3 is 6.18 Å². The molecule has 0 radical (unpaired) electrons. The van der Waals surface area contributed by atoms with E-state index in [1.807, 2.05) is 0 Å². The summed E-state index contributed by atoms with van der Waals surface area (Å²) in [6.45, 7) is -0.0253. The van der Waals surface area contributed by atoms with Crippen LogP contribution >= 0.6 is 0 Å². The Morgan fingerprint density at radius 2 is 2.17 bits per heavy atom. The van der Waals surface area contributed by atoms with Crippen molar-refractivity contribution < 1.29 is 23.1 Å². The topological polar surface area (TPSA) is 61.4 Å². The number of aliphatic hydroxyl groups is 1. The first kappa shape index (κ1) is 13.6. The Labute approximate surface area is 103 Å². The average Bonchev–Trinajstić information content (AvgIpc) is 2.85. The Morgan fingerprint density at radius 3 is 2.83 bits per heavy atom. The van der Waals surface area contributed by atoms with Gasteiger partial charge in [-0.1, -0.05) is 6.42 Å². The number of fused-ring (bicyclic) bond motifs is 1. The Hall–Kier alpha value is -0.820. The number of halogens is 3. The molecular weight excluding hydrogens is 249 g/mol. The maximum absolute atomic E-state index is 12.1. The zero-order valence-corrected chi connectivity index (χ0v) is 9.83. The van der Waals surface area contributed by atoms with Crippen molar-refractivity contribution in [1.82, 2.24) is 10.6 Å². The lowest BCUT2D eigenvalue weighted by molar-refractivity contribution is -0.201. The van der Waals surface area contributed by atoms with Crippen molar-refractivity contribution in [3.8, 4) is 0 Å². The van der Waals surface area contributed by atoms with E-state index in [-0.39, 0.29) is 5.92 Å². The van der Waals surface area contributed by atoms with Crippen LogP contribution in [0.2, 0.25) is 0 Å². The summed E-state index contributed by atoms with van der Waals surface area (Å²) in [6, 6.07) is -0.405. The zero-order valence-electron chi connectivity index (χ0n) is 9.83. The van der Waals surface area contributed by atoms with E-state index in [0.717, 1.165) is 25.8 Å². The molecule has 1 saturated heterocycles. The molecule has 7 heteroatoms. The Kier molecular flexibility index (Phi) is 3.82. The smallest absolute Gasteiger partial charge is 0.382 e. The lowest BCUT2D eigenvalue weighted by Crippen LogP contribution is -2.48. The standard InChI is InChI=1S/C11H17F3N2O2/c12-11(13,14)8(17)5-16-10(18)9-7-3-1-2-6(7)4-15-9/h6-9,15,17H,1-5H2,(H,16,18). The van der Waals surface area contributed by atoms with Crippen LogP contribution in [0.25, 0.3) is 0 Å². The molecule has 104 valence electrons. The van der Waals surface area contributed by atoms with Crippen LogP contribution < -0.4 is 10.6 Å². The van der Waals surface area contributed by atoms with Crippen LogP contribution in [-0.4, -0.2) is 42.4 Å². The molecule has 1 saturated carbocycles. The maximum Gasteiger partial charge on any atom is 0.416 e. The number of carbonyl (C=O) groups is 1. The van der Waals surface area contributed by atoms with Crippen molar-refractivity contribution in [2.45, 2.75) is 37.6 Å². The van der Waals surface area contributed by atoms with Gasteiger partial charge in [-0.15, -0.1) is 0 Å². The first-order valence-electron chi connectivity index (χ1n) is 6.15. The van der Waals surface area contributed by atoms with Gasteiger partial charge in [-0.05, 0) is 31.2 Å². The second-order valence-electron chi connectivity index (χ2n) is 5.04. The molecule has 2 aliphatic rings. The molecule has 18 heavy (non-hydrogen) atoms. The number of aliphatic hydroxyl groups excluding tert-OH is 1. The summed E-state index contributed by atoms with van der Waals surface area (Å²) in [5, 5.41) is 14.0. The van der Waals surface area contributed by atoms with Gasteiger partial charge in [0.05, 0.1) is 12.6 Å². The van der Waals surface area contributed by atoms with E-state index in [4.69, 9.17) is 5.11 Å². The van der Waals surface area contributed by atoms with Crippen molar-refractivity contribution in [1.29, 1.82) is 0 Å². The van der Waals surface area contributed by atoms with Gasteiger partial charge in [-0.2, -0.15) is 13.2 Å². The number of hydrogen-bond donors (Lipinski definition) is 3. The highest BCUT2D eigenvalue weighted by Gasteiger charge is 2.43. The molecule has 4 nitrogen and oxygen atoms in total. The summed E-state index contributed by atoms with van der Waals surface area (Å²) in [5.41, 5.74) is 0. The summed E-state index contributed by atoms with van der Waals surface area (Å²) in [4.78, 5) is 11.8. The van der Waals surface area contributed by atoms with Crippen molar-refractivity contribution in [2.75, 3.05) is 13.1 Å². The van der Waals surface area contributed by atoms with Crippen molar-refractivity contribution >= 4 is 5.91 Å². The molecule has 0 bridgehead atoms. The highest BCUT2D eigenvalue weighted by molar-refractivity contribution is 5.82. The summed E-state index contributed by atoms with van der Waals surface area (Å²) in [5.74, 6) is 0.258. The van der Waals surface area contributed by atoms with Crippen LogP contribution in [0, 0.1) is 11.8 Å². The van der Waals surface area contributed by atoms with Crippen LogP contribution in [0.1, 0.15) is 19.3 Å². The average molecular weight is 266 g/mol. The summed E-state index contributed by atoms with van der Waals surface area (Å²) < 4.78 is 36.2. The monoisotopic (exact) mass is 266 g/mol. The van der Waals surface area contributed by atoms with Crippen molar-refractivity contribution in [3.05, 3.63) is 0 Å². The van der Waals surface area contributed by atoms with Gasteiger partial charge in [0.1, 0.15) is 0 Å². The minimum Gasteiger partial charge on any atom is -0.382 e. The molecule has 1 aliphatic carbocycles. The molecule has 1 aliphatic heterocycles. The number of carbonyl (C=O) groups excluding carboxylic acids is 1. The largest absolute Gasteiger partial charge is 0.416 e. The van der Waals surface area contributed by atoms with Crippen LogP contribution in [-0.2, 0) is 4.79 Å². The molecule has 0 spiro atoms. The highest BCUT2D eigenvalue weighted by Crippen LogP contribution is 2.37. The summed E-state index contributed by atoms with van der Waals surface area (Å²) in [7, 11) is 0. The predicted octanol–water partition coefficient (Wildman–Crippen LogP) is 0.414. The van der Waals surface area contributed by atoms with Crippen LogP contribution in [0.15, 0.2) is 0 Å². The van der Waals surface area contributed by atoms with Crippen molar-refractivity contribution in [3.63, 3.8) is 0 Å². The molecule has 0 aromatic rings. The van der Waals surface area contributed by atoms with E-state index < -0.39 is 30.8 Å². The van der Waals surface area contributed by atoms with E-state index >= 15 is 0 Å². The molecule has 3 N–H and O–H groups in total. The fourth-order valence-corrected chi connectivity index (χ4v) is 2.90. The lowest BCUT2D eigenvalue weighted by atomic mass is 9.93. The molecule has 4 unspecified atom stereocenters. The Morgan fingerprint density at radius 1 is 1.44 bits per heavy atom. The van der Waals surface area contributed by atoms with Gasteiger partial charge in [0.15, 0.2) is 6.10 Å². The van der Waals surface area contributed by atoms with Crippen LogP contribution in [0.5, 0.6) is 0 Å². The second kappa shape index (κ2) is 5.05. The fraction of sp³-hybridized carbons (Fsp3) is 0.909. The molecule has 2 rings (SSSR count). The number of hydrogen-bond acceptors (Lipinski definition) is 3. The first-order chi connectivity index (χ1) is 8.39. The van der Waals surface area contributed by atoms with Gasteiger partial charge in [-0.25, -0.2) is 0 Å². The Balaban J connectivity index is 1.82. The number of rotatable bonds is 3.